The van der Waals surface area contributed by atoms with Crippen LogP contribution >= 0.6 is 0 Å². The Labute approximate surface area is 107 Å². The lowest BCUT2D eigenvalue weighted by molar-refractivity contribution is 0.428. The van der Waals surface area contributed by atoms with Crippen molar-refractivity contribution in [1.29, 1.82) is 5.26 Å². The normalized spacial score (nSPS) is 19.1. The van der Waals surface area contributed by atoms with Crippen LogP contribution in [0.15, 0.2) is 23.8 Å². The van der Waals surface area contributed by atoms with Gasteiger partial charge in [0, 0.05) is 11.5 Å². The maximum Gasteiger partial charge on any atom is 0.123 e. The van der Waals surface area contributed by atoms with E-state index in [0.717, 1.165) is 19.3 Å². The highest BCUT2D eigenvalue weighted by Gasteiger charge is 2.21. The summed E-state index contributed by atoms with van der Waals surface area (Å²) in [6.45, 7) is 2.07. The van der Waals surface area contributed by atoms with Gasteiger partial charge in [0.25, 0.3) is 0 Å². The van der Waals surface area contributed by atoms with Gasteiger partial charge >= 0.3 is 0 Å². The summed E-state index contributed by atoms with van der Waals surface area (Å²) in [5.74, 6) is 0.266. The Morgan fingerprint density at radius 3 is 2.56 bits per heavy atom. The van der Waals surface area contributed by atoms with Crippen molar-refractivity contribution in [3.63, 3.8) is 0 Å². The Morgan fingerprint density at radius 1 is 1.33 bits per heavy atom. The van der Waals surface area contributed by atoms with Gasteiger partial charge in [0.2, 0.25) is 0 Å². The molecule has 0 saturated heterocycles. The fourth-order valence-corrected chi connectivity index (χ4v) is 2.59. The largest absolute Gasteiger partial charge is 0.507 e. The number of rotatable bonds is 2. The molecule has 0 fully saturated rings. The van der Waals surface area contributed by atoms with Gasteiger partial charge in [-0.3, -0.25) is 0 Å². The molecule has 1 aliphatic rings. The predicted molar refractivity (Wildman–Crippen MR) is 69.4 cm³/mol. The summed E-state index contributed by atoms with van der Waals surface area (Å²) in [7, 11) is 0. The summed E-state index contributed by atoms with van der Waals surface area (Å²) < 4.78 is 0. The number of phenolic OH excluding ortho intramolecular Hbond substituents is 2. The fraction of sp³-hybridized carbons (Fsp3) is 0.400. The topological polar surface area (TPSA) is 64.2 Å². The average molecular weight is 243 g/mol. The predicted octanol–water partition coefficient (Wildman–Crippen LogP) is 3.38. The van der Waals surface area contributed by atoms with Crippen molar-refractivity contribution in [2.75, 3.05) is 0 Å². The Hall–Kier alpha value is -1.95. The molecule has 1 unspecified atom stereocenters. The minimum atomic E-state index is 0.0786. The first-order chi connectivity index (χ1) is 8.61. The molecule has 0 amide bonds. The van der Waals surface area contributed by atoms with Crippen LogP contribution in [0.2, 0.25) is 0 Å². The molecule has 0 saturated carbocycles. The van der Waals surface area contributed by atoms with E-state index in [1.807, 2.05) is 6.07 Å². The van der Waals surface area contributed by atoms with Gasteiger partial charge < -0.3 is 10.2 Å². The van der Waals surface area contributed by atoms with Crippen LogP contribution in [0.1, 0.15) is 43.2 Å². The molecule has 0 aromatic heterocycles. The highest BCUT2D eigenvalue weighted by molar-refractivity contribution is 5.51. The number of allylic oxidation sites excluding steroid dienone is 2. The number of nitriles is 1. The molecule has 0 spiro atoms. The van der Waals surface area contributed by atoms with E-state index >= 15 is 0 Å². The van der Waals surface area contributed by atoms with Gasteiger partial charge in [-0.1, -0.05) is 11.6 Å². The van der Waals surface area contributed by atoms with E-state index in [-0.39, 0.29) is 23.8 Å². The van der Waals surface area contributed by atoms with E-state index in [2.05, 4.69) is 13.0 Å². The standard InChI is InChI=1S/C15H17NO2/c1-10-3-2-4-12(7-10)15-13(17)8-11(5-6-16)9-14(15)18/h7-9,12,17-18H,2-5H2,1H3. The number of hydrogen-bond donors (Lipinski definition) is 2. The number of phenols is 2. The molecule has 1 aliphatic carbocycles. The SMILES string of the molecule is CC1=CC(c2c(O)cc(CC#N)cc2O)CCC1. The van der Waals surface area contributed by atoms with Crippen molar-refractivity contribution < 1.29 is 10.2 Å². The maximum atomic E-state index is 10.0. The molecular weight excluding hydrogens is 226 g/mol. The molecule has 3 heteroatoms. The van der Waals surface area contributed by atoms with E-state index in [1.54, 1.807) is 12.1 Å². The van der Waals surface area contributed by atoms with E-state index in [0.29, 0.717) is 11.1 Å². The van der Waals surface area contributed by atoms with Crippen molar-refractivity contribution in [3.8, 4) is 17.6 Å². The summed E-state index contributed by atoms with van der Waals surface area (Å²) in [4.78, 5) is 0. The first-order valence-electron chi connectivity index (χ1n) is 6.21. The Balaban J connectivity index is 2.40. The van der Waals surface area contributed by atoms with Gasteiger partial charge in [0.05, 0.1) is 12.5 Å². The number of benzene rings is 1. The summed E-state index contributed by atoms with van der Waals surface area (Å²) in [6, 6.07) is 5.17. The fourth-order valence-electron chi connectivity index (χ4n) is 2.59. The summed E-state index contributed by atoms with van der Waals surface area (Å²) in [5, 5.41) is 28.7. The molecule has 0 heterocycles. The van der Waals surface area contributed by atoms with Crippen molar-refractivity contribution in [2.45, 2.75) is 38.5 Å². The number of aromatic hydroxyl groups is 2. The molecule has 0 radical (unpaired) electrons. The maximum absolute atomic E-state index is 10.0. The zero-order valence-electron chi connectivity index (χ0n) is 10.5. The van der Waals surface area contributed by atoms with Crippen LogP contribution in [0.4, 0.5) is 0 Å². The second-order valence-electron chi connectivity index (χ2n) is 4.89. The molecule has 2 N–H and O–H groups in total. The van der Waals surface area contributed by atoms with Gasteiger partial charge in [0.1, 0.15) is 11.5 Å². The first kappa shape index (κ1) is 12.5. The quantitative estimate of drug-likeness (QED) is 0.783. The Morgan fingerprint density at radius 2 is 2.00 bits per heavy atom. The third kappa shape index (κ3) is 2.48. The van der Waals surface area contributed by atoms with Crippen LogP contribution < -0.4 is 0 Å². The number of nitrogens with zero attached hydrogens (tertiary/aromatic N) is 1. The Kier molecular flexibility index (Phi) is 3.57. The molecule has 1 aromatic rings. The lowest BCUT2D eigenvalue weighted by Gasteiger charge is -2.21. The van der Waals surface area contributed by atoms with Crippen LogP contribution in [-0.4, -0.2) is 10.2 Å². The van der Waals surface area contributed by atoms with Crippen LogP contribution in [-0.2, 0) is 6.42 Å². The third-order valence-corrected chi connectivity index (χ3v) is 3.42. The van der Waals surface area contributed by atoms with E-state index in [1.165, 1.54) is 5.57 Å². The van der Waals surface area contributed by atoms with Crippen LogP contribution in [0.3, 0.4) is 0 Å². The lowest BCUT2D eigenvalue weighted by Crippen LogP contribution is -2.03. The summed E-state index contributed by atoms with van der Waals surface area (Å²) in [6.07, 6.45) is 5.41. The molecule has 3 nitrogen and oxygen atoms in total. The van der Waals surface area contributed by atoms with Gasteiger partial charge in [0.15, 0.2) is 0 Å². The van der Waals surface area contributed by atoms with Crippen molar-refractivity contribution >= 4 is 0 Å². The second-order valence-corrected chi connectivity index (χ2v) is 4.89. The minimum absolute atomic E-state index is 0.0786. The van der Waals surface area contributed by atoms with Crippen molar-refractivity contribution in [3.05, 3.63) is 34.9 Å². The van der Waals surface area contributed by atoms with Gasteiger partial charge in [-0.25, -0.2) is 0 Å². The monoisotopic (exact) mass is 243 g/mol. The van der Waals surface area contributed by atoms with Gasteiger partial charge in [-0.2, -0.15) is 5.26 Å². The van der Waals surface area contributed by atoms with Gasteiger partial charge in [-0.05, 0) is 43.9 Å². The molecule has 94 valence electrons. The molecule has 18 heavy (non-hydrogen) atoms. The number of hydrogen-bond acceptors (Lipinski definition) is 3. The third-order valence-electron chi connectivity index (χ3n) is 3.42. The first-order valence-corrected chi connectivity index (χ1v) is 6.21. The molecule has 2 rings (SSSR count). The van der Waals surface area contributed by atoms with Crippen molar-refractivity contribution in [1.82, 2.24) is 0 Å². The molecule has 0 aliphatic heterocycles. The molecule has 0 bridgehead atoms. The minimum Gasteiger partial charge on any atom is -0.507 e. The molecule has 1 atom stereocenters. The van der Waals surface area contributed by atoms with Crippen LogP contribution in [0, 0.1) is 11.3 Å². The summed E-state index contributed by atoms with van der Waals surface area (Å²) in [5.41, 5.74) is 2.54. The molecular formula is C15H17NO2. The Bertz CT molecular complexity index is 503. The van der Waals surface area contributed by atoms with E-state index in [4.69, 9.17) is 5.26 Å². The highest BCUT2D eigenvalue weighted by atomic mass is 16.3. The smallest absolute Gasteiger partial charge is 0.123 e. The van der Waals surface area contributed by atoms with E-state index in [9.17, 15) is 10.2 Å². The van der Waals surface area contributed by atoms with Crippen molar-refractivity contribution in [2.24, 2.45) is 0 Å². The zero-order chi connectivity index (χ0) is 13.1. The lowest BCUT2D eigenvalue weighted by atomic mass is 9.84. The highest BCUT2D eigenvalue weighted by Crippen LogP contribution is 2.41. The van der Waals surface area contributed by atoms with Gasteiger partial charge in [-0.15, -0.1) is 0 Å². The van der Waals surface area contributed by atoms with Crippen LogP contribution in [0.5, 0.6) is 11.5 Å². The average Bonchev–Trinajstić information content (AvgIpc) is 2.28. The summed E-state index contributed by atoms with van der Waals surface area (Å²) >= 11 is 0. The molecule has 1 aromatic carbocycles. The van der Waals surface area contributed by atoms with E-state index < -0.39 is 0 Å². The zero-order valence-corrected chi connectivity index (χ0v) is 10.5. The second kappa shape index (κ2) is 5.14. The van der Waals surface area contributed by atoms with Crippen LogP contribution in [0.25, 0.3) is 0 Å².